The van der Waals surface area contributed by atoms with Crippen LogP contribution in [0.4, 0.5) is 34.1 Å². The van der Waals surface area contributed by atoms with Gasteiger partial charge in [-0.05, 0) is 110 Å². The average Bonchev–Trinajstić information content (AvgIpc) is 3.78. The lowest BCUT2D eigenvalue weighted by Crippen LogP contribution is -2.18. The predicted octanol–water partition coefficient (Wildman–Crippen LogP) is 15.6. The number of hydrogen-bond donors (Lipinski definition) is 0. The fourth-order valence-corrected chi connectivity index (χ4v) is 10.4. The van der Waals surface area contributed by atoms with Crippen LogP contribution in [0.3, 0.4) is 0 Å². The van der Waals surface area contributed by atoms with Gasteiger partial charge in [0.25, 0.3) is 0 Å². The van der Waals surface area contributed by atoms with Crippen LogP contribution in [-0.4, -0.2) is 5.75 Å². The minimum atomic E-state index is 0.841. The molecule has 0 spiro atoms. The van der Waals surface area contributed by atoms with Gasteiger partial charge >= 0.3 is 0 Å². The minimum absolute atomic E-state index is 0.841. The van der Waals surface area contributed by atoms with Gasteiger partial charge in [-0.2, -0.15) is 0 Å². The largest absolute Gasteiger partial charge is 0.452 e. The van der Waals surface area contributed by atoms with E-state index in [0.29, 0.717) is 0 Å². The molecule has 58 heavy (non-hydrogen) atoms. The Balaban J connectivity index is 1.17. The number of fused-ring (bicyclic) bond motifs is 3. The van der Waals surface area contributed by atoms with E-state index in [1.165, 1.54) is 59.5 Å². The van der Waals surface area contributed by atoms with Crippen molar-refractivity contribution in [2.24, 2.45) is 0 Å². The number of para-hydroxylation sites is 3. The molecule has 0 atom stereocenters. The van der Waals surface area contributed by atoms with E-state index in [1.807, 2.05) is 11.8 Å². The number of thioether (sulfide) groups is 1. The molecule has 10 aromatic rings. The summed E-state index contributed by atoms with van der Waals surface area (Å²) < 4.78 is 7.06. The summed E-state index contributed by atoms with van der Waals surface area (Å²) in [6.07, 6.45) is 1.07. The van der Waals surface area contributed by atoms with Crippen LogP contribution >= 0.6 is 11.8 Å². The average molecular weight is 761 g/mol. The molecule has 274 valence electrons. The molecule has 2 aliphatic heterocycles. The van der Waals surface area contributed by atoms with Crippen LogP contribution in [-0.2, 0) is 6.42 Å². The van der Waals surface area contributed by atoms with Crippen LogP contribution in [0.1, 0.15) is 5.56 Å². The molecule has 0 radical (unpaired) electrons. The molecule has 10 aromatic carbocycles. The van der Waals surface area contributed by atoms with Crippen LogP contribution in [0.2, 0.25) is 0 Å². The standard InChI is InChI=1S/C54H36N2OS/c1-3-11-35(12-4-1)36-23-27-42(28-24-36)55(47-30-26-39-22-21-37-13-9-14-38-25-29-45(47)52(39)51(37)38)43-33-46(44-18-10-15-40-31-32-58-54(40)44)53-49(34-43)56(41-16-5-2-6-17-41)48-19-7-8-20-50(48)57-53/h1-30,33-34H,31-32H2. The first-order chi connectivity index (χ1) is 28.8. The highest BCUT2D eigenvalue weighted by molar-refractivity contribution is 7.99. The second kappa shape index (κ2) is 13.3. The topological polar surface area (TPSA) is 15.7 Å². The molecule has 0 saturated carbocycles. The van der Waals surface area contributed by atoms with E-state index in [9.17, 15) is 0 Å². The number of ether oxygens (including phenoxy) is 1. The van der Waals surface area contributed by atoms with Crippen molar-refractivity contribution in [2.45, 2.75) is 11.3 Å². The molecule has 0 fully saturated rings. The van der Waals surface area contributed by atoms with Gasteiger partial charge in [-0.3, -0.25) is 0 Å². The van der Waals surface area contributed by atoms with Crippen LogP contribution in [0, 0.1) is 0 Å². The minimum Gasteiger partial charge on any atom is -0.452 e. The molecule has 0 N–H and O–H groups in total. The third-order valence-corrected chi connectivity index (χ3v) is 13.0. The SMILES string of the molecule is c1ccc(-c2ccc(N(c3cc(-c4cccc5c4SCC5)c4c(c3)N(c3ccccc3)c3ccccc3O4)c3ccc4ccc5cccc6ccc3c4c56)cc2)cc1. The first-order valence-corrected chi connectivity index (χ1v) is 20.9. The van der Waals surface area contributed by atoms with Gasteiger partial charge in [-0.15, -0.1) is 11.8 Å². The summed E-state index contributed by atoms with van der Waals surface area (Å²) in [5, 5.41) is 7.57. The number of rotatable bonds is 6. The van der Waals surface area contributed by atoms with Crippen molar-refractivity contribution in [2.75, 3.05) is 15.6 Å². The predicted molar refractivity (Wildman–Crippen MR) is 245 cm³/mol. The Bertz CT molecular complexity index is 3160. The fraction of sp³-hybridized carbons (Fsp3) is 0.0370. The van der Waals surface area contributed by atoms with Crippen molar-refractivity contribution in [1.29, 1.82) is 0 Å². The van der Waals surface area contributed by atoms with Gasteiger partial charge in [0.2, 0.25) is 0 Å². The van der Waals surface area contributed by atoms with E-state index in [-0.39, 0.29) is 0 Å². The summed E-state index contributed by atoms with van der Waals surface area (Å²) in [4.78, 5) is 6.18. The normalized spacial score (nSPS) is 13.1. The van der Waals surface area contributed by atoms with Gasteiger partial charge in [0, 0.05) is 38.7 Å². The van der Waals surface area contributed by atoms with E-state index in [1.54, 1.807) is 0 Å². The zero-order valence-corrected chi connectivity index (χ0v) is 32.4. The van der Waals surface area contributed by atoms with E-state index in [2.05, 4.69) is 204 Å². The van der Waals surface area contributed by atoms with Crippen molar-refractivity contribution in [3.63, 3.8) is 0 Å². The molecule has 2 aliphatic rings. The van der Waals surface area contributed by atoms with Crippen molar-refractivity contribution in [3.05, 3.63) is 200 Å². The van der Waals surface area contributed by atoms with Gasteiger partial charge in [0.05, 0.1) is 17.1 Å². The number of anilines is 6. The first-order valence-electron chi connectivity index (χ1n) is 19.9. The fourth-order valence-electron chi connectivity index (χ4n) is 9.23. The molecular weight excluding hydrogens is 725 g/mol. The van der Waals surface area contributed by atoms with Crippen LogP contribution in [0.5, 0.6) is 11.5 Å². The number of hydrogen-bond acceptors (Lipinski definition) is 4. The maximum absolute atomic E-state index is 7.06. The Morgan fingerprint density at radius 3 is 2.02 bits per heavy atom. The second-order valence-electron chi connectivity index (χ2n) is 15.2. The van der Waals surface area contributed by atoms with Crippen LogP contribution in [0.15, 0.2) is 199 Å². The Hall–Kier alpha value is -7.01. The summed E-state index contributed by atoms with van der Waals surface area (Å²) >= 11 is 1.95. The van der Waals surface area contributed by atoms with Gasteiger partial charge in [-0.25, -0.2) is 0 Å². The summed E-state index contributed by atoms with van der Waals surface area (Å²) in [7, 11) is 0. The number of nitrogens with zero attached hydrogens (tertiary/aromatic N) is 2. The Morgan fingerprint density at radius 2 is 1.19 bits per heavy atom. The summed E-state index contributed by atoms with van der Waals surface area (Å²) in [6, 6.07) is 70.6. The van der Waals surface area contributed by atoms with Crippen molar-refractivity contribution < 1.29 is 4.74 Å². The highest BCUT2D eigenvalue weighted by Gasteiger charge is 2.32. The lowest BCUT2D eigenvalue weighted by atomic mass is 9.92. The molecule has 0 aromatic heterocycles. The smallest absolute Gasteiger partial charge is 0.159 e. The molecule has 0 bridgehead atoms. The molecule has 4 heteroatoms. The van der Waals surface area contributed by atoms with E-state index < -0.39 is 0 Å². The lowest BCUT2D eigenvalue weighted by Gasteiger charge is -2.36. The van der Waals surface area contributed by atoms with E-state index >= 15 is 0 Å². The molecule has 12 rings (SSSR count). The lowest BCUT2D eigenvalue weighted by molar-refractivity contribution is 0.478. The highest BCUT2D eigenvalue weighted by atomic mass is 32.2. The Labute approximate surface area is 341 Å². The molecule has 0 saturated heterocycles. The number of aryl methyl sites for hydroxylation is 1. The first kappa shape index (κ1) is 33.2. The number of benzene rings is 10. The molecule has 0 aliphatic carbocycles. The quantitative estimate of drug-likeness (QED) is 0.157. The molecule has 2 heterocycles. The molecule has 0 amide bonds. The third-order valence-electron chi connectivity index (χ3n) is 11.9. The van der Waals surface area contributed by atoms with Crippen LogP contribution < -0.4 is 14.5 Å². The monoisotopic (exact) mass is 760 g/mol. The third kappa shape index (κ3) is 5.22. The second-order valence-corrected chi connectivity index (χ2v) is 16.3. The Morgan fingerprint density at radius 1 is 0.500 bits per heavy atom. The molecular formula is C54H36N2OS. The Kier molecular flexibility index (Phi) is 7.60. The zero-order valence-electron chi connectivity index (χ0n) is 31.6. The van der Waals surface area contributed by atoms with Crippen molar-refractivity contribution in [1.82, 2.24) is 0 Å². The van der Waals surface area contributed by atoms with E-state index in [0.717, 1.165) is 63.4 Å². The van der Waals surface area contributed by atoms with Gasteiger partial charge in [-0.1, -0.05) is 140 Å². The summed E-state index contributed by atoms with van der Waals surface area (Å²) in [5.41, 5.74) is 12.4. The van der Waals surface area contributed by atoms with Crippen LogP contribution in [0.25, 0.3) is 54.6 Å². The maximum atomic E-state index is 7.06. The van der Waals surface area contributed by atoms with E-state index in [4.69, 9.17) is 4.74 Å². The highest BCUT2D eigenvalue weighted by Crippen LogP contribution is 2.57. The van der Waals surface area contributed by atoms with Crippen molar-refractivity contribution >= 4 is 78.2 Å². The van der Waals surface area contributed by atoms with Gasteiger partial charge in [0.15, 0.2) is 11.5 Å². The summed E-state index contributed by atoms with van der Waals surface area (Å²) in [5.74, 6) is 2.78. The molecule has 3 nitrogen and oxygen atoms in total. The maximum Gasteiger partial charge on any atom is 0.159 e. The van der Waals surface area contributed by atoms with Crippen molar-refractivity contribution in [3.8, 4) is 33.8 Å². The zero-order chi connectivity index (χ0) is 38.2. The molecule has 0 unspecified atom stereocenters. The van der Waals surface area contributed by atoms with Gasteiger partial charge < -0.3 is 14.5 Å². The van der Waals surface area contributed by atoms with Gasteiger partial charge in [0.1, 0.15) is 0 Å². The summed E-state index contributed by atoms with van der Waals surface area (Å²) in [6.45, 7) is 0.